The highest BCUT2D eigenvalue weighted by atomic mass is 32.2. The normalized spacial score (nSPS) is 14.4. The van der Waals surface area contributed by atoms with Gasteiger partial charge in [-0.1, -0.05) is 11.8 Å². The Hall–Kier alpha value is -1.01. The Morgan fingerprint density at radius 1 is 1.63 bits per heavy atom. The molecule has 0 amide bonds. The average Bonchev–Trinajstić information content (AvgIpc) is 2.85. The number of aromatic nitrogens is 2. The van der Waals surface area contributed by atoms with Crippen molar-refractivity contribution in [1.82, 2.24) is 15.3 Å². The Morgan fingerprint density at radius 2 is 2.37 bits per heavy atom. The van der Waals surface area contributed by atoms with Crippen LogP contribution in [-0.4, -0.2) is 40.4 Å². The highest BCUT2D eigenvalue weighted by molar-refractivity contribution is 7.99. The van der Waals surface area contributed by atoms with E-state index in [9.17, 15) is 4.79 Å². The van der Waals surface area contributed by atoms with Crippen molar-refractivity contribution in [3.05, 3.63) is 12.4 Å². The number of hydrogen-bond acceptors (Lipinski definition) is 5. The van der Waals surface area contributed by atoms with Gasteiger partial charge in [0, 0.05) is 24.2 Å². The summed E-state index contributed by atoms with van der Waals surface area (Å²) in [5.74, 6) is 0.712. The number of aromatic amines is 1. The van der Waals surface area contributed by atoms with Crippen LogP contribution in [0.1, 0.15) is 33.6 Å². The molecule has 0 spiro atoms. The third-order valence-corrected chi connectivity index (χ3v) is 3.77. The van der Waals surface area contributed by atoms with Crippen LogP contribution in [0.4, 0.5) is 0 Å². The molecule has 0 aliphatic rings. The van der Waals surface area contributed by atoms with Gasteiger partial charge in [-0.05, 0) is 33.6 Å². The predicted molar refractivity (Wildman–Crippen MR) is 77.2 cm³/mol. The molecule has 0 aliphatic heterocycles. The summed E-state index contributed by atoms with van der Waals surface area (Å²) in [6.45, 7) is 5.95. The van der Waals surface area contributed by atoms with Crippen LogP contribution in [0.5, 0.6) is 0 Å². The molecule has 1 aromatic heterocycles. The molecule has 1 atom stereocenters. The highest BCUT2D eigenvalue weighted by Crippen LogP contribution is 2.20. The fraction of sp³-hybridized carbons (Fsp3) is 0.692. The minimum Gasteiger partial charge on any atom is -0.468 e. The zero-order valence-corrected chi connectivity index (χ0v) is 12.8. The third kappa shape index (κ3) is 5.24. The number of ether oxygens (including phenoxy) is 1. The number of rotatable bonds is 8. The highest BCUT2D eigenvalue weighted by Gasteiger charge is 2.33. The van der Waals surface area contributed by atoms with Gasteiger partial charge in [-0.15, -0.1) is 0 Å². The monoisotopic (exact) mass is 285 g/mol. The van der Waals surface area contributed by atoms with Gasteiger partial charge in [0.1, 0.15) is 5.54 Å². The molecule has 5 nitrogen and oxygen atoms in total. The molecule has 2 N–H and O–H groups in total. The molecule has 0 aromatic carbocycles. The molecule has 1 aromatic rings. The molecule has 19 heavy (non-hydrogen) atoms. The maximum atomic E-state index is 11.9. The van der Waals surface area contributed by atoms with E-state index < -0.39 is 5.54 Å². The molecule has 0 radical (unpaired) electrons. The number of esters is 1. The molecule has 0 saturated carbocycles. The van der Waals surface area contributed by atoms with Gasteiger partial charge in [-0.3, -0.25) is 10.1 Å². The Balaban J connectivity index is 2.42. The van der Waals surface area contributed by atoms with E-state index in [0.29, 0.717) is 0 Å². The van der Waals surface area contributed by atoms with Gasteiger partial charge in [0.05, 0.1) is 7.11 Å². The van der Waals surface area contributed by atoms with Gasteiger partial charge in [0.2, 0.25) is 0 Å². The summed E-state index contributed by atoms with van der Waals surface area (Å²) in [7, 11) is 1.43. The molecule has 1 rings (SSSR count). The second-order valence-corrected chi connectivity index (χ2v) is 6.05. The molecule has 1 heterocycles. The first-order chi connectivity index (χ1) is 8.98. The minimum atomic E-state index is -0.618. The van der Waals surface area contributed by atoms with Crippen LogP contribution in [0, 0.1) is 0 Å². The second kappa shape index (κ2) is 7.55. The summed E-state index contributed by atoms with van der Waals surface area (Å²) in [6.07, 6.45) is 5.20. The predicted octanol–water partition coefficient (Wildman–Crippen LogP) is 2.21. The van der Waals surface area contributed by atoms with Crippen LogP contribution < -0.4 is 5.32 Å². The van der Waals surface area contributed by atoms with Gasteiger partial charge in [0.15, 0.2) is 5.16 Å². The van der Waals surface area contributed by atoms with Crippen molar-refractivity contribution in [2.24, 2.45) is 0 Å². The first-order valence-corrected chi connectivity index (χ1v) is 7.45. The van der Waals surface area contributed by atoms with E-state index in [-0.39, 0.29) is 12.0 Å². The van der Waals surface area contributed by atoms with Gasteiger partial charge in [-0.25, -0.2) is 4.98 Å². The number of nitrogens with one attached hydrogen (secondary N) is 2. The smallest absolute Gasteiger partial charge is 0.325 e. The molecule has 0 aliphatic carbocycles. The van der Waals surface area contributed by atoms with E-state index in [1.54, 1.807) is 24.2 Å². The molecule has 1 unspecified atom stereocenters. The Kier molecular flexibility index (Phi) is 6.37. The van der Waals surface area contributed by atoms with Crippen LogP contribution >= 0.6 is 11.8 Å². The first-order valence-electron chi connectivity index (χ1n) is 6.46. The lowest BCUT2D eigenvalue weighted by Gasteiger charge is -2.30. The number of hydrogen-bond donors (Lipinski definition) is 2. The van der Waals surface area contributed by atoms with E-state index in [2.05, 4.69) is 15.3 Å². The van der Waals surface area contributed by atoms with Crippen LogP contribution in [0.3, 0.4) is 0 Å². The van der Waals surface area contributed by atoms with Crippen molar-refractivity contribution in [1.29, 1.82) is 0 Å². The third-order valence-electron chi connectivity index (χ3n) is 2.78. The van der Waals surface area contributed by atoms with E-state index in [1.807, 2.05) is 20.8 Å². The summed E-state index contributed by atoms with van der Waals surface area (Å²) < 4.78 is 4.89. The zero-order valence-electron chi connectivity index (χ0n) is 12.0. The fourth-order valence-corrected chi connectivity index (χ4v) is 2.79. The van der Waals surface area contributed by atoms with Crippen molar-refractivity contribution < 1.29 is 9.53 Å². The van der Waals surface area contributed by atoms with Crippen molar-refractivity contribution in [3.63, 3.8) is 0 Å². The van der Waals surface area contributed by atoms with Gasteiger partial charge in [-0.2, -0.15) is 0 Å². The standard InChI is InChI=1S/C13H23N3O2S/c1-10(2)16-13(3,11(17)18-4)6-5-9-19-12-14-7-8-15-12/h7-8,10,16H,5-6,9H2,1-4H3,(H,14,15). The topological polar surface area (TPSA) is 67.0 Å². The Morgan fingerprint density at radius 3 is 2.89 bits per heavy atom. The SMILES string of the molecule is COC(=O)C(C)(CCCSc1ncc[nH]1)NC(C)C. The molecular weight excluding hydrogens is 262 g/mol. The van der Waals surface area contributed by atoms with E-state index in [0.717, 1.165) is 23.8 Å². The average molecular weight is 285 g/mol. The molecule has 0 fully saturated rings. The van der Waals surface area contributed by atoms with Crippen LogP contribution in [0.15, 0.2) is 17.6 Å². The first kappa shape index (κ1) is 16.0. The summed E-state index contributed by atoms with van der Waals surface area (Å²) in [5, 5.41) is 4.21. The lowest BCUT2D eigenvalue weighted by Crippen LogP contribution is -2.53. The molecule has 6 heteroatoms. The lowest BCUT2D eigenvalue weighted by atomic mass is 9.95. The van der Waals surface area contributed by atoms with E-state index in [4.69, 9.17) is 4.74 Å². The summed E-state index contributed by atoms with van der Waals surface area (Å²) in [5.41, 5.74) is -0.618. The minimum absolute atomic E-state index is 0.204. The Labute approximate surface area is 118 Å². The van der Waals surface area contributed by atoms with E-state index >= 15 is 0 Å². The van der Waals surface area contributed by atoms with Crippen molar-refractivity contribution in [2.75, 3.05) is 12.9 Å². The number of imidazole rings is 1. The number of methoxy groups -OCH3 is 1. The molecule has 108 valence electrons. The number of carbonyl (C=O) groups excluding carboxylic acids is 1. The van der Waals surface area contributed by atoms with E-state index in [1.165, 1.54) is 7.11 Å². The van der Waals surface area contributed by atoms with Crippen molar-refractivity contribution >= 4 is 17.7 Å². The largest absolute Gasteiger partial charge is 0.468 e. The molecule has 0 bridgehead atoms. The van der Waals surface area contributed by atoms with Gasteiger partial charge in [0.25, 0.3) is 0 Å². The van der Waals surface area contributed by atoms with Crippen LogP contribution in [0.25, 0.3) is 0 Å². The summed E-state index contributed by atoms with van der Waals surface area (Å²) in [6, 6.07) is 0.238. The second-order valence-electron chi connectivity index (χ2n) is 4.97. The molecule has 0 saturated heterocycles. The van der Waals surface area contributed by atoms with Gasteiger partial charge >= 0.3 is 5.97 Å². The lowest BCUT2D eigenvalue weighted by molar-refractivity contribution is -0.148. The number of carbonyl (C=O) groups is 1. The van der Waals surface area contributed by atoms with Crippen molar-refractivity contribution in [3.8, 4) is 0 Å². The number of thioether (sulfide) groups is 1. The molecular formula is C13H23N3O2S. The van der Waals surface area contributed by atoms with Crippen LogP contribution in [-0.2, 0) is 9.53 Å². The van der Waals surface area contributed by atoms with Gasteiger partial charge < -0.3 is 9.72 Å². The Bertz CT molecular complexity index is 381. The summed E-state index contributed by atoms with van der Waals surface area (Å²) in [4.78, 5) is 19.1. The quantitative estimate of drug-likeness (QED) is 0.435. The number of nitrogens with zero attached hydrogens (tertiary/aromatic N) is 1. The maximum Gasteiger partial charge on any atom is 0.325 e. The van der Waals surface area contributed by atoms with Crippen LogP contribution in [0.2, 0.25) is 0 Å². The number of H-pyrrole nitrogens is 1. The maximum absolute atomic E-state index is 11.9. The van der Waals surface area contributed by atoms with Crippen molar-refractivity contribution in [2.45, 2.75) is 50.4 Å². The zero-order chi connectivity index (χ0) is 14.3. The fourth-order valence-electron chi connectivity index (χ4n) is 2.02. The summed E-state index contributed by atoms with van der Waals surface area (Å²) >= 11 is 1.66.